The number of carbonyl (C=O) groups is 1. The number of ether oxygens (including phenoxy) is 1. The summed E-state index contributed by atoms with van der Waals surface area (Å²) in [7, 11) is 1.17. The van der Waals surface area contributed by atoms with Gasteiger partial charge in [-0.25, -0.2) is 13.6 Å². The van der Waals surface area contributed by atoms with Gasteiger partial charge in [0.2, 0.25) is 0 Å². The van der Waals surface area contributed by atoms with Crippen LogP contribution in [0.25, 0.3) is 11.3 Å². The maximum absolute atomic E-state index is 13.4. The van der Waals surface area contributed by atoms with E-state index in [0.29, 0.717) is 11.3 Å². The van der Waals surface area contributed by atoms with Crippen LogP contribution in [0.15, 0.2) is 36.5 Å². The van der Waals surface area contributed by atoms with E-state index in [2.05, 4.69) is 9.72 Å². The molecule has 92 valence electrons. The van der Waals surface area contributed by atoms with Gasteiger partial charge >= 0.3 is 5.97 Å². The van der Waals surface area contributed by atoms with Gasteiger partial charge in [0, 0.05) is 5.56 Å². The zero-order valence-corrected chi connectivity index (χ0v) is 9.48. The lowest BCUT2D eigenvalue weighted by Gasteiger charge is -2.04. The van der Waals surface area contributed by atoms with Gasteiger partial charge in [-0.3, -0.25) is 4.98 Å². The molecule has 0 aliphatic rings. The topological polar surface area (TPSA) is 39.2 Å². The predicted molar refractivity (Wildman–Crippen MR) is 60.9 cm³/mol. The van der Waals surface area contributed by atoms with E-state index in [9.17, 15) is 13.6 Å². The molecule has 0 fully saturated rings. The number of nitrogens with zero attached hydrogens (tertiary/aromatic N) is 1. The summed E-state index contributed by atoms with van der Waals surface area (Å²) in [4.78, 5) is 15.2. The number of halogens is 2. The van der Waals surface area contributed by atoms with Gasteiger partial charge in [0.05, 0.1) is 24.6 Å². The molecule has 1 heterocycles. The fraction of sp³-hybridized carbons (Fsp3) is 0.0769. The van der Waals surface area contributed by atoms with Crippen LogP contribution in [0, 0.1) is 11.6 Å². The molecule has 0 bridgehead atoms. The highest BCUT2D eigenvalue weighted by atomic mass is 19.1. The molecule has 0 spiro atoms. The molecule has 0 saturated heterocycles. The number of esters is 1. The molecular formula is C13H9F2NO2. The molecule has 5 heteroatoms. The second-order valence-corrected chi connectivity index (χ2v) is 3.55. The minimum atomic E-state index is -0.779. The van der Waals surface area contributed by atoms with Crippen LogP contribution >= 0.6 is 0 Å². The standard InChI is InChI=1S/C13H9F2NO2/c1-18-13(17)10-6-12(16-7-11(10)15)8-2-4-9(14)5-3-8/h2-7H,1H3. The van der Waals surface area contributed by atoms with Crippen molar-refractivity contribution in [1.82, 2.24) is 4.98 Å². The largest absolute Gasteiger partial charge is 0.465 e. The Morgan fingerprint density at radius 2 is 1.89 bits per heavy atom. The summed E-state index contributed by atoms with van der Waals surface area (Å²) in [6, 6.07) is 6.79. The van der Waals surface area contributed by atoms with Crippen molar-refractivity contribution >= 4 is 5.97 Å². The third kappa shape index (κ3) is 2.34. The van der Waals surface area contributed by atoms with Crippen LogP contribution in [0.4, 0.5) is 8.78 Å². The summed E-state index contributed by atoms with van der Waals surface area (Å²) in [6.45, 7) is 0. The maximum atomic E-state index is 13.4. The molecule has 0 saturated carbocycles. The fourth-order valence-corrected chi connectivity index (χ4v) is 1.48. The first-order valence-corrected chi connectivity index (χ1v) is 5.11. The zero-order valence-electron chi connectivity index (χ0n) is 9.48. The summed E-state index contributed by atoms with van der Waals surface area (Å²) in [5.74, 6) is -1.92. The van der Waals surface area contributed by atoms with Gasteiger partial charge in [0.1, 0.15) is 5.82 Å². The van der Waals surface area contributed by atoms with E-state index in [0.717, 1.165) is 6.20 Å². The molecule has 1 aromatic carbocycles. The lowest BCUT2D eigenvalue weighted by Crippen LogP contribution is -2.05. The number of benzene rings is 1. The van der Waals surface area contributed by atoms with Crippen LogP contribution in [0.5, 0.6) is 0 Å². The number of hydrogen-bond acceptors (Lipinski definition) is 3. The molecule has 0 aliphatic heterocycles. The monoisotopic (exact) mass is 249 g/mol. The molecule has 0 N–H and O–H groups in total. The maximum Gasteiger partial charge on any atom is 0.340 e. The molecule has 0 unspecified atom stereocenters. The predicted octanol–water partition coefficient (Wildman–Crippen LogP) is 2.81. The smallest absolute Gasteiger partial charge is 0.340 e. The third-order valence-corrected chi connectivity index (χ3v) is 2.40. The quantitative estimate of drug-likeness (QED) is 0.768. The molecular weight excluding hydrogens is 240 g/mol. The van der Waals surface area contributed by atoms with Crippen molar-refractivity contribution in [3.05, 3.63) is 53.7 Å². The minimum Gasteiger partial charge on any atom is -0.465 e. The molecule has 18 heavy (non-hydrogen) atoms. The molecule has 2 aromatic rings. The van der Waals surface area contributed by atoms with E-state index < -0.39 is 11.8 Å². The first kappa shape index (κ1) is 12.2. The number of carbonyl (C=O) groups excluding carboxylic acids is 1. The van der Waals surface area contributed by atoms with E-state index >= 15 is 0 Å². The highest BCUT2D eigenvalue weighted by Crippen LogP contribution is 2.20. The highest BCUT2D eigenvalue weighted by Gasteiger charge is 2.14. The molecule has 2 rings (SSSR count). The van der Waals surface area contributed by atoms with E-state index in [1.165, 1.54) is 37.4 Å². The van der Waals surface area contributed by atoms with E-state index in [1.807, 2.05) is 0 Å². The second-order valence-electron chi connectivity index (χ2n) is 3.55. The van der Waals surface area contributed by atoms with E-state index in [-0.39, 0.29) is 11.4 Å². The number of aromatic nitrogens is 1. The highest BCUT2D eigenvalue weighted by molar-refractivity contribution is 5.90. The Morgan fingerprint density at radius 3 is 2.50 bits per heavy atom. The summed E-state index contributed by atoms with van der Waals surface area (Å²) in [5.41, 5.74) is 0.755. The first-order valence-electron chi connectivity index (χ1n) is 5.11. The summed E-state index contributed by atoms with van der Waals surface area (Å²) < 4.78 is 30.6. The van der Waals surface area contributed by atoms with Crippen LogP contribution < -0.4 is 0 Å². The first-order chi connectivity index (χ1) is 8.61. The van der Waals surface area contributed by atoms with Crippen LogP contribution in [0.2, 0.25) is 0 Å². The third-order valence-electron chi connectivity index (χ3n) is 2.40. The van der Waals surface area contributed by atoms with Gasteiger partial charge in [0.25, 0.3) is 0 Å². The van der Waals surface area contributed by atoms with Gasteiger partial charge in [-0.15, -0.1) is 0 Å². The van der Waals surface area contributed by atoms with Crippen molar-refractivity contribution < 1.29 is 18.3 Å². The van der Waals surface area contributed by atoms with Crippen molar-refractivity contribution in [2.24, 2.45) is 0 Å². The van der Waals surface area contributed by atoms with Crippen LogP contribution in [0.3, 0.4) is 0 Å². The Bertz CT molecular complexity index is 582. The second kappa shape index (κ2) is 4.91. The summed E-state index contributed by atoms with van der Waals surface area (Å²) in [6.07, 6.45) is 0.935. The van der Waals surface area contributed by atoms with Gasteiger partial charge in [-0.05, 0) is 30.3 Å². The SMILES string of the molecule is COC(=O)c1cc(-c2ccc(F)cc2)ncc1F. The number of pyridine rings is 1. The van der Waals surface area contributed by atoms with Crippen LogP contribution in [-0.2, 0) is 4.74 Å². The van der Waals surface area contributed by atoms with Crippen LogP contribution in [-0.4, -0.2) is 18.1 Å². The number of methoxy groups -OCH3 is 1. The van der Waals surface area contributed by atoms with Crippen molar-refractivity contribution in [2.45, 2.75) is 0 Å². The van der Waals surface area contributed by atoms with Crippen molar-refractivity contribution in [3.63, 3.8) is 0 Å². The molecule has 0 amide bonds. The molecule has 3 nitrogen and oxygen atoms in total. The van der Waals surface area contributed by atoms with Crippen molar-refractivity contribution in [1.29, 1.82) is 0 Å². The van der Waals surface area contributed by atoms with E-state index in [1.54, 1.807) is 0 Å². The molecule has 0 aliphatic carbocycles. The molecule has 0 radical (unpaired) electrons. The van der Waals surface area contributed by atoms with Crippen LogP contribution in [0.1, 0.15) is 10.4 Å². The lowest BCUT2D eigenvalue weighted by molar-refractivity contribution is 0.0595. The number of rotatable bonds is 2. The van der Waals surface area contributed by atoms with Crippen molar-refractivity contribution in [3.8, 4) is 11.3 Å². The van der Waals surface area contributed by atoms with Gasteiger partial charge in [-0.2, -0.15) is 0 Å². The summed E-state index contributed by atoms with van der Waals surface area (Å²) >= 11 is 0. The van der Waals surface area contributed by atoms with Gasteiger partial charge in [0.15, 0.2) is 5.82 Å². The van der Waals surface area contributed by atoms with Gasteiger partial charge < -0.3 is 4.74 Å². The number of hydrogen-bond donors (Lipinski definition) is 0. The Labute approximate surface area is 102 Å². The average Bonchev–Trinajstić information content (AvgIpc) is 2.39. The Hall–Kier alpha value is -2.30. The van der Waals surface area contributed by atoms with Gasteiger partial charge in [-0.1, -0.05) is 0 Å². The molecule has 1 aromatic heterocycles. The van der Waals surface area contributed by atoms with Crippen molar-refractivity contribution in [2.75, 3.05) is 7.11 Å². The Balaban J connectivity index is 2.46. The zero-order chi connectivity index (χ0) is 13.1. The molecule has 0 atom stereocenters. The Kier molecular flexibility index (Phi) is 3.32. The van der Waals surface area contributed by atoms with E-state index in [4.69, 9.17) is 0 Å². The average molecular weight is 249 g/mol. The summed E-state index contributed by atoms with van der Waals surface area (Å²) in [5, 5.41) is 0. The Morgan fingerprint density at radius 1 is 1.22 bits per heavy atom. The fourth-order valence-electron chi connectivity index (χ4n) is 1.48. The normalized spacial score (nSPS) is 10.2. The minimum absolute atomic E-state index is 0.202. The lowest BCUT2D eigenvalue weighted by atomic mass is 10.1.